The third kappa shape index (κ3) is 3.81. The van der Waals surface area contributed by atoms with Gasteiger partial charge in [-0.05, 0) is 36.8 Å². The molecule has 0 fully saturated rings. The predicted octanol–water partition coefficient (Wildman–Crippen LogP) is 2.91. The highest BCUT2D eigenvalue weighted by molar-refractivity contribution is 7.86. The lowest BCUT2D eigenvalue weighted by Crippen LogP contribution is -2.40. The summed E-state index contributed by atoms with van der Waals surface area (Å²) in [6, 6.07) is 11.3. The number of carbonyl (C=O) groups is 1. The Labute approximate surface area is 182 Å². The molecule has 1 heterocycles. The van der Waals surface area contributed by atoms with Crippen molar-refractivity contribution in [2.45, 2.75) is 24.0 Å². The molecule has 3 aromatic carbocycles. The Morgan fingerprint density at radius 3 is 2.22 bits per heavy atom. The summed E-state index contributed by atoms with van der Waals surface area (Å²) in [4.78, 5) is 13.0. The minimum absolute atomic E-state index is 0.117. The molecule has 2 atom stereocenters. The van der Waals surface area contributed by atoms with E-state index in [1.807, 2.05) is 0 Å². The molecule has 3 aromatic rings. The maximum atomic E-state index is 13.2. The van der Waals surface area contributed by atoms with Crippen LogP contribution < -0.4 is 4.74 Å². The lowest BCUT2D eigenvalue weighted by molar-refractivity contribution is 0.0336. The first-order valence-corrected chi connectivity index (χ1v) is 10.8. The number of rotatable bonds is 4. The monoisotopic (exact) mass is 458 g/mol. The van der Waals surface area contributed by atoms with Crippen LogP contribution in [0.1, 0.15) is 27.6 Å². The van der Waals surface area contributed by atoms with Gasteiger partial charge in [0.05, 0.1) is 4.90 Å². The molecule has 0 amide bonds. The van der Waals surface area contributed by atoms with Crippen molar-refractivity contribution >= 4 is 15.9 Å². The van der Waals surface area contributed by atoms with E-state index < -0.39 is 45.4 Å². The number of fused-ring (bicyclic) bond motifs is 1. The van der Waals surface area contributed by atoms with Crippen LogP contribution >= 0.6 is 0 Å². The SMILES string of the molecule is Cc1ccc(S(=O)(=O)O[C@H]2C(=O)c3c(O)cc(O)cc3O[C@@H]2c2ccc(O)c(O)c2)cc1. The largest absolute Gasteiger partial charge is 0.508 e. The Bertz CT molecular complexity index is 1310. The molecule has 0 radical (unpaired) electrons. The van der Waals surface area contributed by atoms with E-state index >= 15 is 0 Å². The number of hydrogen-bond donors (Lipinski definition) is 4. The molecule has 4 rings (SSSR count). The molecule has 0 bridgehead atoms. The van der Waals surface area contributed by atoms with Crippen molar-refractivity contribution in [2.75, 3.05) is 0 Å². The summed E-state index contributed by atoms with van der Waals surface area (Å²) < 4.78 is 36.8. The van der Waals surface area contributed by atoms with Gasteiger partial charge in [-0.25, -0.2) is 0 Å². The number of carbonyl (C=O) groups excluding carboxylic acids is 1. The molecule has 9 nitrogen and oxygen atoms in total. The Balaban J connectivity index is 1.82. The average molecular weight is 458 g/mol. The Morgan fingerprint density at radius 1 is 0.875 bits per heavy atom. The van der Waals surface area contributed by atoms with Gasteiger partial charge in [-0.15, -0.1) is 0 Å². The summed E-state index contributed by atoms with van der Waals surface area (Å²) >= 11 is 0. The lowest BCUT2D eigenvalue weighted by Gasteiger charge is -2.32. The number of phenols is 4. The summed E-state index contributed by atoms with van der Waals surface area (Å²) in [7, 11) is -4.44. The van der Waals surface area contributed by atoms with Crippen LogP contribution in [0.5, 0.6) is 28.7 Å². The Hall–Kier alpha value is -3.76. The molecule has 0 aliphatic carbocycles. The van der Waals surface area contributed by atoms with Crippen LogP contribution in [0.25, 0.3) is 0 Å². The van der Waals surface area contributed by atoms with E-state index in [-0.39, 0.29) is 27.5 Å². The second-order valence-electron chi connectivity index (χ2n) is 7.27. The van der Waals surface area contributed by atoms with Gasteiger partial charge in [0.15, 0.2) is 23.7 Å². The van der Waals surface area contributed by atoms with Crippen molar-refractivity contribution < 1.29 is 42.6 Å². The van der Waals surface area contributed by atoms with Crippen molar-refractivity contribution in [3.05, 3.63) is 71.3 Å². The zero-order valence-corrected chi connectivity index (χ0v) is 17.4. The quantitative estimate of drug-likeness (QED) is 0.342. The zero-order valence-electron chi connectivity index (χ0n) is 16.6. The van der Waals surface area contributed by atoms with Crippen LogP contribution in [0.3, 0.4) is 0 Å². The second-order valence-corrected chi connectivity index (χ2v) is 8.84. The van der Waals surface area contributed by atoms with Gasteiger partial charge < -0.3 is 25.2 Å². The average Bonchev–Trinajstić information content (AvgIpc) is 2.71. The normalized spacial score (nSPS) is 18.1. The van der Waals surface area contributed by atoms with Crippen LogP contribution in [-0.4, -0.2) is 40.7 Å². The first-order chi connectivity index (χ1) is 15.1. The van der Waals surface area contributed by atoms with E-state index in [9.17, 15) is 33.6 Å². The standard InChI is InChI=1S/C22H18O9S/c1-11-2-5-14(6-3-11)32(28,29)31-22-20(27)19-17(26)9-13(23)10-18(19)30-21(22)12-4-7-15(24)16(25)8-12/h2-10,21-26H,1H3/t21-,22+/m1/s1. The molecule has 1 aliphatic rings. The minimum Gasteiger partial charge on any atom is -0.508 e. The van der Waals surface area contributed by atoms with Crippen molar-refractivity contribution in [3.8, 4) is 28.7 Å². The third-order valence-electron chi connectivity index (χ3n) is 4.97. The van der Waals surface area contributed by atoms with Gasteiger partial charge in [0.1, 0.15) is 22.8 Å². The number of ether oxygens (including phenoxy) is 1. The van der Waals surface area contributed by atoms with Gasteiger partial charge in [-0.2, -0.15) is 8.42 Å². The zero-order chi connectivity index (χ0) is 23.2. The van der Waals surface area contributed by atoms with Crippen LogP contribution in [0, 0.1) is 6.92 Å². The molecule has 0 aromatic heterocycles. The maximum absolute atomic E-state index is 13.2. The van der Waals surface area contributed by atoms with Gasteiger partial charge in [0.2, 0.25) is 5.78 Å². The fourth-order valence-electron chi connectivity index (χ4n) is 3.36. The Morgan fingerprint density at radius 2 is 1.56 bits per heavy atom. The van der Waals surface area contributed by atoms with E-state index in [0.29, 0.717) is 0 Å². The molecule has 32 heavy (non-hydrogen) atoms. The van der Waals surface area contributed by atoms with Crippen molar-refractivity contribution in [3.63, 3.8) is 0 Å². The van der Waals surface area contributed by atoms with E-state index in [2.05, 4.69) is 0 Å². The van der Waals surface area contributed by atoms with Gasteiger partial charge in [-0.3, -0.25) is 8.98 Å². The first kappa shape index (κ1) is 21.5. The van der Waals surface area contributed by atoms with Crippen molar-refractivity contribution in [1.29, 1.82) is 0 Å². The topological polar surface area (TPSA) is 151 Å². The summed E-state index contributed by atoms with van der Waals surface area (Å²) in [5, 5.41) is 39.4. The Kier molecular flexibility index (Phi) is 5.19. The molecule has 166 valence electrons. The molecule has 1 aliphatic heterocycles. The van der Waals surface area contributed by atoms with Crippen molar-refractivity contribution in [1.82, 2.24) is 0 Å². The fraction of sp³-hybridized carbons (Fsp3) is 0.136. The molecule has 4 N–H and O–H groups in total. The van der Waals surface area contributed by atoms with Crippen LogP contribution in [0.15, 0.2) is 59.5 Å². The molecule has 0 saturated carbocycles. The van der Waals surface area contributed by atoms with Gasteiger partial charge >= 0.3 is 0 Å². The summed E-state index contributed by atoms with van der Waals surface area (Å²) in [6.45, 7) is 1.78. The van der Waals surface area contributed by atoms with E-state index in [1.54, 1.807) is 19.1 Å². The van der Waals surface area contributed by atoms with Crippen LogP contribution in [0.4, 0.5) is 0 Å². The summed E-state index contributed by atoms with van der Waals surface area (Å²) in [5.74, 6) is -3.06. The molecular formula is C22H18O9S. The highest BCUT2D eigenvalue weighted by atomic mass is 32.2. The number of benzene rings is 3. The summed E-state index contributed by atoms with van der Waals surface area (Å²) in [5.41, 5.74) is 0.578. The minimum atomic E-state index is -4.44. The number of Topliss-reactive ketones (excluding diaryl/α,β-unsaturated/α-hetero) is 1. The van der Waals surface area contributed by atoms with E-state index in [4.69, 9.17) is 8.92 Å². The number of hydrogen-bond acceptors (Lipinski definition) is 9. The summed E-state index contributed by atoms with van der Waals surface area (Å²) in [6.07, 6.45) is -3.16. The number of aromatic hydroxyl groups is 4. The fourth-order valence-corrected chi connectivity index (χ4v) is 4.40. The molecular weight excluding hydrogens is 440 g/mol. The van der Waals surface area contributed by atoms with Crippen LogP contribution in [-0.2, 0) is 14.3 Å². The first-order valence-electron chi connectivity index (χ1n) is 9.35. The highest BCUT2D eigenvalue weighted by Gasteiger charge is 2.44. The van der Waals surface area contributed by atoms with E-state index in [0.717, 1.165) is 29.8 Å². The van der Waals surface area contributed by atoms with Gasteiger partial charge in [0, 0.05) is 12.1 Å². The number of aryl methyl sites for hydroxylation is 1. The van der Waals surface area contributed by atoms with E-state index in [1.165, 1.54) is 18.2 Å². The molecule has 0 unspecified atom stereocenters. The third-order valence-corrected chi connectivity index (χ3v) is 6.28. The maximum Gasteiger partial charge on any atom is 0.297 e. The van der Waals surface area contributed by atoms with Crippen molar-refractivity contribution in [2.24, 2.45) is 0 Å². The lowest BCUT2D eigenvalue weighted by atomic mass is 9.92. The number of phenolic OH excluding ortho intramolecular Hbond substituents is 4. The second kappa shape index (κ2) is 7.74. The smallest absolute Gasteiger partial charge is 0.297 e. The molecule has 0 saturated heterocycles. The van der Waals surface area contributed by atoms with Gasteiger partial charge in [0.25, 0.3) is 10.1 Å². The van der Waals surface area contributed by atoms with Crippen LogP contribution in [0.2, 0.25) is 0 Å². The highest BCUT2D eigenvalue weighted by Crippen LogP contribution is 2.44. The molecule has 10 heteroatoms. The predicted molar refractivity (Wildman–Crippen MR) is 110 cm³/mol. The molecule has 0 spiro atoms. The van der Waals surface area contributed by atoms with Gasteiger partial charge in [-0.1, -0.05) is 23.8 Å². The number of ketones is 1.